The van der Waals surface area contributed by atoms with Gasteiger partial charge in [-0.1, -0.05) is 18.2 Å². The van der Waals surface area contributed by atoms with Crippen LogP contribution in [0.1, 0.15) is 10.4 Å². The van der Waals surface area contributed by atoms with Crippen LogP contribution in [0.25, 0.3) is 0 Å². The zero-order valence-electron chi connectivity index (χ0n) is 15.2. The van der Waals surface area contributed by atoms with Crippen molar-refractivity contribution in [2.24, 2.45) is 0 Å². The van der Waals surface area contributed by atoms with E-state index < -0.39 is 0 Å². The molecule has 6 nitrogen and oxygen atoms in total. The zero-order valence-corrected chi connectivity index (χ0v) is 16.7. The van der Waals surface area contributed by atoms with E-state index in [-0.39, 0.29) is 5.91 Å². The topological polar surface area (TPSA) is 58.6 Å². The van der Waals surface area contributed by atoms with Crippen molar-refractivity contribution in [3.63, 3.8) is 0 Å². The summed E-state index contributed by atoms with van der Waals surface area (Å²) >= 11 is 3.40. The molecule has 4 rings (SSSR count). The molecule has 0 N–H and O–H groups in total. The summed E-state index contributed by atoms with van der Waals surface area (Å²) in [6, 6.07) is 16.8. The lowest BCUT2D eigenvalue weighted by molar-refractivity contribution is 0.0743. The highest BCUT2D eigenvalue weighted by molar-refractivity contribution is 9.10. The molecule has 7 heteroatoms. The van der Waals surface area contributed by atoms with Crippen molar-refractivity contribution in [3.05, 3.63) is 77.0 Å². The first-order valence-electron chi connectivity index (χ1n) is 9.04. The third-order valence-electron chi connectivity index (χ3n) is 4.56. The molecule has 0 unspecified atom stereocenters. The molecule has 0 bridgehead atoms. The normalized spacial score (nSPS) is 14.0. The average Bonchev–Trinajstić information content (AvgIpc) is 2.75. The minimum atomic E-state index is -0.0672. The van der Waals surface area contributed by atoms with Gasteiger partial charge in [-0.25, -0.2) is 9.97 Å². The molecule has 1 fully saturated rings. The molecule has 0 spiro atoms. The number of hydrogen-bond acceptors (Lipinski definition) is 5. The number of amides is 1. The van der Waals surface area contributed by atoms with Gasteiger partial charge in [0.05, 0.1) is 0 Å². The Morgan fingerprint density at radius 3 is 2.43 bits per heavy atom. The number of para-hydroxylation sites is 1. The molecule has 142 valence electrons. The molecule has 3 aromatic rings. The fourth-order valence-electron chi connectivity index (χ4n) is 3.10. The Labute approximate surface area is 171 Å². The zero-order chi connectivity index (χ0) is 19.3. The second-order valence-electron chi connectivity index (χ2n) is 6.39. The lowest BCUT2D eigenvalue weighted by Gasteiger charge is -2.35. The predicted octanol–water partition coefficient (Wildman–Crippen LogP) is 3.99. The Morgan fingerprint density at radius 1 is 0.929 bits per heavy atom. The number of halogens is 1. The van der Waals surface area contributed by atoms with Crippen molar-refractivity contribution in [2.45, 2.75) is 0 Å². The van der Waals surface area contributed by atoms with Crippen LogP contribution in [0.2, 0.25) is 0 Å². The van der Waals surface area contributed by atoms with Gasteiger partial charge < -0.3 is 14.5 Å². The summed E-state index contributed by atoms with van der Waals surface area (Å²) in [5.74, 6) is 1.84. The van der Waals surface area contributed by atoms with E-state index in [1.165, 1.54) is 0 Å². The Bertz CT molecular complexity index is 942. The molecule has 1 aliphatic rings. The summed E-state index contributed by atoms with van der Waals surface area (Å²) in [5, 5.41) is 0. The Hall–Kier alpha value is -2.93. The molecule has 1 saturated heterocycles. The van der Waals surface area contributed by atoms with Crippen molar-refractivity contribution < 1.29 is 9.53 Å². The molecular formula is C21H19BrN4O2. The van der Waals surface area contributed by atoms with Crippen LogP contribution in [0, 0.1) is 0 Å². The van der Waals surface area contributed by atoms with Gasteiger partial charge in [0.2, 0.25) is 5.88 Å². The van der Waals surface area contributed by atoms with Crippen molar-refractivity contribution in [3.8, 4) is 11.6 Å². The smallest absolute Gasteiger partial charge is 0.259 e. The van der Waals surface area contributed by atoms with Crippen LogP contribution < -0.4 is 9.64 Å². The first kappa shape index (κ1) is 18.4. The van der Waals surface area contributed by atoms with Crippen molar-refractivity contribution >= 4 is 27.7 Å². The molecule has 1 aliphatic heterocycles. The lowest BCUT2D eigenvalue weighted by Crippen LogP contribution is -2.49. The van der Waals surface area contributed by atoms with Gasteiger partial charge in [-0.2, -0.15) is 0 Å². The number of pyridine rings is 2. The highest BCUT2D eigenvalue weighted by Gasteiger charge is 2.25. The van der Waals surface area contributed by atoms with E-state index in [2.05, 4.69) is 30.8 Å². The summed E-state index contributed by atoms with van der Waals surface area (Å²) in [5.41, 5.74) is 0.474. The fourth-order valence-corrected chi connectivity index (χ4v) is 3.33. The molecule has 3 heterocycles. The van der Waals surface area contributed by atoms with E-state index in [9.17, 15) is 4.79 Å². The molecule has 0 radical (unpaired) electrons. The number of rotatable bonds is 4. The van der Waals surface area contributed by atoms with Gasteiger partial charge in [0, 0.05) is 43.0 Å². The Balaban J connectivity index is 1.45. The number of benzene rings is 1. The van der Waals surface area contributed by atoms with Gasteiger partial charge in [0.15, 0.2) is 0 Å². The molecule has 2 aromatic heterocycles. The van der Waals surface area contributed by atoms with Gasteiger partial charge in [-0.05, 0) is 52.3 Å². The maximum absolute atomic E-state index is 13.1. The second-order valence-corrected chi connectivity index (χ2v) is 7.30. The molecule has 0 atom stereocenters. The van der Waals surface area contributed by atoms with Gasteiger partial charge >= 0.3 is 0 Å². The van der Waals surface area contributed by atoms with Crippen LogP contribution in [0.15, 0.2) is 71.5 Å². The summed E-state index contributed by atoms with van der Waals surface area (Å²) in [6.45, 7) is 2.71. The van der Waals surface area contributed by atoms with E-state index in [1.807, 2.05) is 47.4 Å². The van der Waals surface area contributed by atoms with Gasteiger partial charge in [-0.3, -0.25) is 4.79 Å². The predicted molar refractivity (Wildman–Crippen MR) is 111 cm³/mol. The quantitative estimate of drug-likeness (QED) is 0.616. The second kappa shape index (κ2) is 8.39. The van der Waals surface area contributed by atoms with Gasteiger partial charge in [-0.15, -0.1) is 0 Å². The molecule has 1 aromatic carbocycles. The van der Waals surface area contributed by atoms with Crippen LogP contribution in [0.4, 0.5) is 5.82 Å². The number of anilines is 1. The molecule has 0 aliphatic carbocycles. The van der Waals surface area contributed by atoms with Crippen LogP contribution in [0.3, 0.4) is 0 Å². The van der Waals surface area contributed by atoms with Crippen LogP contribution in [-0.4, -0.2) is 47.0 Å². The Kier molecular flexibility index (Phi) is 5.53. The van der Waals surface area contributed by atoms with E-state index in [0.717, 1.165) is 23.4 Å². The SMILES string of the molecule is O=C(c1cccnc1Oc1ccccc1)N1CCN(c2ccc(Br)cn2)CC1. The van der Waals surface area contributed by atoms with Crippen LogP contribution in [0.5, 0.6) is 11.6 Å². The Morgan fingerprint density at radius 2 is 1.71 bits per heavy atom. The number of nitrogens with zero attached hydrogens (tertiary/aromatic N) is 4. The van der Waals surface area contributed by atoms with Crippen molar-refractivity contribution in [2.75, 3.05) is 31.1 Å². The van der Waals surface area contributed by atoms with Gasteiger partial charge in [0.25, 0.3) is 5.91 Å². The van der Waals surface area contributed by atoms with E-state index in [1.54, 1.807) is 24.5 Å². The van der Waals surface area contributed by atoms with E-state index >= 15 is 0 Å². The van der Waals surface area contributed by atoms with Gasteiger partial charge in [0.1, 0.15) is 17.1 Å². The average molecular weight is 439 g/mol. The number of aromatic nitrogens is 2. The largest absolute Gasteiger partial charge is 0.438 e. The molecule has 28 heavy (non-hydrogen) atoms. The first-order chi connectivity index (χ1) is 13.7. The number of carbonyl (C=O) groups is 1. The molecule has 0 saturated carbocycles. The summed E-state index contributed by atoms with van der Waals surface area (Å²) in [4.78, 5) is 25.8. The van der Waals surface area contributed by atoms with Crippen molar-refractivity contribution in [1.82, 2.24) is 14.9 Å². The van der Waals surface area contributed by atoms with E-state index in [0.29, 0.717) is 30.3 Å². The van der Waals surface area contributed by atoms with E-state index in [4.69, 9.17) is 4.74 Å². The third-order valence-corrected chi connectivity index (χ3v) is 5.03. The number of piperazine rings is 1. The number of carbonyl (C=O) groups excluding carboxylic acids is 1. The van der Waals surface area contributed by atoms with Crippen LogP contribution >= 0.6 is 15.9 Å². The highest BCUT2D eigenvalue weighted by Crippen LogP contribution is 2.24. The minimum absolute atomic E-state index is 0.0672. The molecular weight excluding hydrogens is 420 g/mol. The maximum atomic E-state index is 13.1. The monoisotopic (exact) mass is 438 g/mol. The first-order valence-corrected chi connectivity index (χ1v) is 9.84. The number of ether oxygens (including phenoxy) is 1. The standard InChI is InChI=1S/C21H19BrN4O2/c22-16-8-9-19(24-15-16)25-11-13-26(14-12-25)21(27)18-7-4-10-23-20(18)28-17-5-2-1-3-6-17/h1-10,15H,11-14H2. The highest BCUT2D eigenvalue weighted by atomic mass is 79.9. The summed E-state index contributed by atoms with van der Waals surface area (Å²) in [7, 11) is 0. The fraction of sp³-hybridized carbons (Fsp3) is 0.190. The maximum Gasteiger partial charge on any atom is 0.259 e. The van der Waals surface area contributed by atoms with Crippen LogP contribution in [-0.2, 0) is 0 Å². The minimum Gasteiger partial charge on any atom is -0.438 e. The molecule has 1 amide bonds. The summed E-state index contributed by atoms with van der Waals surface area (Å²) < 4.78 is 6.79. The van der Waals surface area contributed by atoms with Crippen molar-refractivity contribution in [1.29, 1.82) is 0 Å². The lowest BCUT2D eigenvalue weighted by atomic mass is 10.2. The number of hydrogen-bond donors (Lipinski definition) is 0. The summed E-state index contributed by atoms with van der Waals surface area (Å²) in [6.07, 6.45) is 3.42. The third kappa shape index (κ3) is 4.14.